The Bertz CT molecular complexity index is 554. The van der Waals surface area contributed by atoms with Crippen molar-refractivity contribution in [2.75, 3.05) is 18.5 Å². The van der Waals surface area contributed by atoms with Crippen LogP contribution in [-0.4, -0.2) is 38.0 Å². The molecule has 0 atom stereocenters. The Hall–Kier alpha value is -1.47. The smallest absolute Gasteiger partial charge is 0.159 e. The van der Waals surface area contributed by atoms with Gasteiger partial charge in [0.05, 0.1) is 22.5 Å². The zero-order valence-electron chi connectivity index (χ0n) is 10.2. The first-order valence-electron chi connectivity index (χ1n) is 5.52. The number of aromatic nitrogens is 4. The molecule has 0 saturated heterocycles. The van der Waals surface area contributed by atoms with Crippen molar-refractivity contribution in [3.05, 3.63) is 28.3 Å². The maximum Gasteiger partial charge on any atom is 0.159 e. The summed E-state index contributed by atoms with van der Waals surface area (Å²) < 4.78 is 2.73. The minimum atomic E-state index is 0.0603. The summed E-state index contributed by atoms with van der Waals surface area (Å²) in [5.74, 6) is 1.36. The van der Waals surface area contributed by atoms with Crippen LogP contribution in [0.1, 0.15) is 11.4 Å². The van der Waals surface area contributed by atoms with Crippen LogP contribution in [0, 0.1) is 13.8 Å². The van der Waals surface area contributed by atoms with Gasteiger partial charge in [0.2, 0.25) is 0 Å². The van der Waals surface area contributed by atoms with E-state index in [-0.39, 0.29) is 6.61 Å². The molecule has 18 heavy (non-hydrogen) atoms. The fraction of sp³-hybridized carbons (Fsp3) is 0.364. The summed E-state index contributed by atoms with van der Waals surface area (Å²) in [6.45, 7) is 4.41. The summed E-state index contributed by atoms with van der Waals surface area (Å²) in [7, 11) is 0. The molecule has 6 nitrogen and oxygen atoms in total. The second kappa shape index (κ2) is 5.45. The van der Waals surface area contributed by atoms with E-state index in [1.807, 2.05) is 13.8 Å². The Labute approximate surface area is 113 Å². The van der Waals surface area contributed by atoms with Gasteiger partial charge in [-0.25, -0.2) is 14.6 Å². The van der Waals surface area contributed by atoms with E-state index in [0.717, 1.165) is 15.9 Å². The highest BCUT2D eigenvalue weighted by atomic mass is 79.9. The Morgan fingerprint density at radius 3 is 2.78 bits per heavy atom. The van der Waals surface area contributed by atoms with Crippen LogP contribution in [-0.2, 0) is 0 Å². The van der Waals surface area contributed by atoms with Crippen LogP contribution in [0.5, 0.6) is 0 Å². The van der Waals surface area contributed by atoms with Crippen molar-refractivity contribution < 1.29 is 5.11 Å². The normalized spacial score (nSPS) is 10.7. The van der Waals surface area contributed by atoms with Gasteiger partial charge in [-0.2, -0.15) is 5.10 Å². The van der Waals surface area contributed by atoms with Crippen LogP contribution in [0.3, 0.4) is 0 Å². The van der Waals surface area contributed by atoms with E-state index in [1.54, 1.807) is 10.7 Å². The second-order valence-electron chi connectivity index (χ2n) is 3.81. The van der Waals surface area contributed by atoms with Gasteiger partial charge in [-0.3, -0.25) is 0 Å². The van der Waals surface area contributed by atoms with Crippen molar-refractivity contribution in [3.63, 3.8) is 0 Å². The monoisotopic (exact) mass is 311 g/mol. The van der Waals surface area contributed by atoms with Gasteiger partial charge in [0, 0.05) is 12.6 Å². The van der Waals surface area contributed by atoms with Gasteiger partial charge >= 0.3 is 0 Å². The third-order valence-corrected chi connectivity index (χ3v) is 3.64. The van der Waals surface area contributed by atoms with E-state index in [9.17, 15) is 0 Å². The molecule has 0 aliphatic carbocycles. The highest BCUT2D eigenvalue weighted by Gasteiger charge is 2.11. The Balaban J connectivity index is 2.35. The molecule has 2 N–H and O–H groups in total. The minimum Gasteiger partial charge on any atom is -0.395 e. The van der Waals surface area contributed by atoms with Gasteiger partial charge < -0.3 is 10.4 Å². The van der Waals surface area contributed by atoms with Crippen LogP contribution < -0.4 is 5.32 Å². The minimum absolute atomic E-state index is 0.0603. The van der Waals surface area contributed by atoms with Crippen LogP contribution in [0.15, 0.2) is 16.9 Å². The number of hydrogen-bond donors (Lipinski definition) is 2. The summed E-state index contributed by atoms with van der Waals surface area (Å²) in [6.07, 6.45) is 1.47. The van der Waals surface area contributed by atoms with E-state index in [1.165, 1.54) is 6.33 Å². The molecule has 96 valence electrons. The van der Waals surface area contributed by atoms with Gasteiger partial charge in [-0.05, 0) is 29.8 Å². The molecule has 7 heteroatoms. The average molecular weight is 312 g/mol. The summed E-state index contributed by atoms with van der Waals surface area (Å²) in [4.78, 5) is 8.27. The number of aryl methyl sites for hydroxylation is 1. The fourth-order valence-corrected chi connectivity index (χ4v) is 1.84. The standard InChI is InChI=1S/C11H14BrN5O/c1-7-11(12)8(2)17(16-7)10-5-9(13-3-4-18)14-6-15-10/h5-6,18H,3-4H2,1-2H3,(H,13,14,15). The van der Waals surface area contributed by atoms with Gasteiger partial charge in [0.15, 0.2) is 5.82 Å². The predicted octanol–water partition coefficient (Wildman–Crippen LogP) is 1.45. The Kier molecular flexibility index (Phi) is 3.93. The van der Waals surface area contributed by atoms with Crippen molar-refractivity contribution in [2.24, 2.45) is 0 Å². The zero-order chi connectivity index (χ0) is 13.1. The highest BCUT2D eigenvalue weighted by Crippen LogP contribution is 2.22. The zero-order valence-corrected chi connectivity index (χ0v) is 11.8. The van der Waals surface area contributed by atoms with Gasteiger partial charge in [-0.15, -0.1) is 0 Å². The summed E-state index contributed by atoms with van der Waals surface area (Å²) >= 11 is 3.48. The maximum absolute atomic E-state index is 8.77. The molecule has 0 aliphatic rings. The first-order valence-corrected chi connectivity index (χ1v) is 6.31. The number of hydrogen-bond acceptors (Lipinski definition) is 5. The number of aliphatic hydroxyl groups excluding tert-OH is 1. The molecular formula is C11H14BrN5O. The van der Waals surface area contributed by atoms with Crippen LogP contribution in [0.25, 0.3) is 5.82 Å². The molecule has 2 aromatic rings. The maximum atomic E-state index is 8.77. The van der Waals surface area contributed by atoms with E-state index in [4.69, 9.17) is 5.11 Å². The molecule has 2 heterocycles. The SMILES string of the molecule is Cc1nn(-c2cc(NCCO)ncn2)c(C)c1Br. The summed E-state index contributed by atoms with van der Waals surface area (Å²) in [6, 6.07) is 1.79. The molecule has 0 unspecified atom stereocenters. The largest absolute Gasteiger partial charge is 0.395 e. The lowest BCUT2D eigenvalue weighted by atomic mass is 10.4. The molecule has 0 spiro atoms. The third-order valence-electron chi connectivity index (χ3n) is 2.49. The molecule has 0 saturated carbocycles. The molecule has 0 radical (unpaired) electrons. The third kappa shape index (κ3) is 2.51. The lowest BCUT2D eigenvalue weighted by Gasteiger charge is -2.06. The molecule has 0 fully saturated rings. The van der Waals surface area contributed by atoms with Crippen LogP contribution in [0.4, 0.5) is 5.82 Å². The van der Waals surface area contributed by atoms with Crippen molar-refractivity contribution in [1.82, 2.24) is 19.7 Å². The topological polar surface area (TPSA) is 75.9 Å². The molecule has 0 aliphatic heterocycles. The van der Waals surface area contributed by atoms with Gasteiger partial charge in [-0.1, -0.05) is 0 Å². The first kappa shape index (κ1) is 13.0. The lowest BCUT2D eigenvalue weighted by molar-refractivity contribution is 0.311. The van der Waals surface area contributed by atoms with E-state index in [0.29, 0.717) is 18.2 Å². The molecule has 2 aromatic heterocycles. The highest BCUT2D eigenvalue weighted by molar-refractivity contribution is 9.10. The lowest BCUT2D eigenvalue weighted by Crippen LogP contribution is -2.09. The van der Waals surface area contributed by atoms with E-state index in [2.05, 4.69) is 36.3 Å². The molecule has 0 aromatic carbocycles. The number of halogens is 1. The first-order chi connectivity index (χ1) is 8.63. The number of nitrogens with one attached hydrogen (secondary N) is 1. The van der Waals surface area contributed by atoms with Crippen molar-refractivity contribution in [3.8, 4) is 5.82 Å². The van der Waals surface area contributed by atoms with Crippen molar-refractivity contribution in [2.45, 2.75) is 13.8 Å². The number of rotatable bonds is 4. The van der Waals surface area contributed by atoms with Crippen LogP contribution in [0.2, 0.25) is 0 Å². The molecule has 0 amide bonds. The fourth-order valence-electron chi connectivity index (χ4n) is 1.59. The molecule has 0 bridgehead atoms. The molecular weight excluding hydrogens is 298 g/mol. The average Bonchev–Trinajstić information content (AvgIpc) is 2.64. The van der Waals surface area contributed by atoms with E-state index < -0.39 is 0 Å². The second-order valence-corrected chi connectivity index (χ2v) is 4.60. The number of anilines is 1. The predicted molar refractivity (Wildman–Crippen MR) is 71.9 cm³/mol. The summed E-state index contributed by atoms with van der Waals surface area (Å²) in [5.41, 5.74) is 1.90. The quantitative estimate of drug-likeness (QED) is 0.893. The van der Waals surface area contributed by atoms with Gasteiger partial charge in [0.1, 0.15) is 12.1 Å². The van der Waals surface area contributed by atoms with Crippen LogP contribution >= 0.6 is 15.9 Å². The number of aliphatic hydroxyl groups is 1. The van der Waals surface area contributed by atoms with Crippen molar-refractivity contribution in [1.29, 1.82) is 0 Å². The van der Waals surface area contributed by atoms with E-state index >= 15 is 0 Å². The Morgan fingerprint density at radius 1 is 1.39 bits per heavy atom. The Morgan fingerprint density at radius 2 is 2.17 bits per heavy atom. The van der Waals surface area contributed by atoms with Crippen molar-refractivity contribution >= 4 is 21.7 Å². The summed E-state index contributed by atoms with van der Waals surface area (Å²) in [5, 5.41) is 16.2. The molecule has 2 rings (SSSR count). The van der Waals surface area contributed by atoms with Gasteiger partial charge in [0.25, 0.3) is 0 Å². The number of nitrogens with zero attached hydrogens (tertiary/aromatic N) is 4.